The Balaban J connectivity index is 1.93. The molecule has 0 saturated carbocycles. The summed E-state index contributed by atoms with van der Waals surface area (Å²) in [7, 11) is 0. The quantitative estimate of drug-likeness (QED) is 0.839. The molecule has 0 bridgehead atoms. The van der Waals surface area contributed by atoms with Gasteiger partial charge in [-0.1, -0.05) is 19.1 Å². The second-order valence-electron chi connectivity index (χ2n) is 5.93. The summed E-state index contributed by atoms with van der Waals surface area (Å²) in [6.45, 7) is 3.53. The molecular weight excluding hydrogens is 282 g/mol. The third-order valence-electron chi connectivity index (χ3n) is 4.31. The van der Waals surface area contributed by atoms with Crippen LogP contribution in [0.5, 0.6) is 0 Å². The predicted octanol–water partition coefficient (Wildman–Crippen LogP) is 0.948. The number of carbonyl (C=O) groups is 1. The van der Waals surface area contributed by atoms with E-state index < -0.39 is 11.1 Å². The number of para-hydroxylation sites is 2. The number of likely N-dealkylation sites (tertiary alicyclic amines) is 1. The summed E-state index contributed by atoms with van der Waals surface area (Å²) in [5, 5.41) is 0. The molecule has 1 aliphatic heterocycles. The zero-order valence-electron chi connectivity index (χ0n) is 12.5. The van der Waals surface area contributed by atoms with E-state index in [-0.39, 0.29) is 12.5 Å². The van der Waals surface area contributed by atoms with Crippen LogP contribution in [0.15, 0.2) is 33.9 Å². The average molecular weight is 301 g/mol. The van der Waals surface area contributed by atoms with Crippen LogP contribution in [0.4, 0.5) is 0 Å². The molecule has 2 aromatic rings. The standard InChI is InChI=1S/C16H19N3O3/c1-11-6-8-18(9-7-11)14(20)10-19-13-5-3-2-4-12(13)17-15(21)16(19)22/h2-5,11H,6-10H2,1H3,(H,17,21). The van der Waals surface area contributed by atoms with Crippen LogP contribution in [0.3, 0.4) is 0 Å². The summed E-state index contributed by atoms with van der Waals surface area (Å²) >= 11 is 0. The smallest absolute Gasteiger partial charge is 0.317 e. The number of nitrogens with one attached hydrogen (secondary N) is 1. The van der Waals surface area contributed by atoms with E-state index in [1.807, 2.05) is 0 Å². The molecule has 0 unspecified atom stereocenters. The zero-order valence-corrected chi connectivity index (χ0v) is 12.5. The van der Waals surface area contributed by atoms with Gasteiger partial charge in [0.1, 0.15) is 6.54 Å². The molecule has 1 aromatic heterocycles. The Labute approximate surface area is 127 Å². The number of benzene rings is 1. The number of nitrogens with zero attached hydrogens (tertiary/aromatic N) is 2. The maximum Gasteiger partial charge on any atom is 0.317 e. The first-order valence-corrected chi connectivity index (χ1v) is 7.56. The topological polar surface area (TPSA) is 75.2 Å². The van der Waals surface area contributed by atoms with Crippen LogP contribution in [0.25, 0.3) is 11.0 Å². The lowest BCUT2D eigenvalue weighted by atomic mass is 9.99. The van der Waals surface area contributed by atoms with Crippen molar-refractivity contribution in [2.24, 2.45) is 5.92 Å². The van der Waals surface area contributed by atoms with Gasteiger partial charge in [-0.05, 0) is 30.9 Å². The van der Waals surface area contributed by atoms with Gasteiger partial charge in [0.05, 0.1) is 11.0 Å². The minimum atomic E-state index is -0.696. The van der Waals surface area contributed by atoms with Crippen LogP contribution in [0.1, 0.15) is 19.8 Å². The molecule has 116 valence electrons. The molecular formula is C16H19N3O3. The molecule has 2 heterocycles. The summed E-state index contributed by atoms with van der Waals surface area (Å²) < 4.78 is 1.27. The summed E-state index contributed by atoms with van der Waals surface area (Å²) in [4.78, 5) is 40.6. The van der Waals surface area contributed by atoms with Gasteiger partial charge in [0.15, 0.2) is 0 Å². The van der Waals surface area contributed by atoms with Gasteiger partial charge in [0, 0.05) is 13.1 Å². The van der Waals surface area contributed by atoms with Crippen molar-refractivity contribution in [2.75, 3.05) is 13.1 Å². The van der Waals surface area contributed by atoms with Gasteiger partial charge in [-0.25, -0.2) is 0 Å². The van der Waals surface area contributed by atoms with Crippen LogP contribution in [0.2, 0.25) is 0 Å². The Morgan fingerprint density at radius 2 is 1.91 bits per heavy atom. The number of piperidine rings is 1. The van der Waals surface area contributed by atoms with E-state index in [0.29, 0.717) is 17.0 Å². The number of H-pyrrole nitrogens is 1. The van der Waals surface area contributed by atoms with E-state index in [4.69, 9.17) is 0 Å². The number of aromatic amines is 1. The molecule has 1 saturated heterocycles. The summed E-state index contributed by atoms with van der Waals surface area (Å²) in [5.41, 5.74) is -0.241. The van der Waals surface area contributed by atoms with Crippen molar-refractivity contribution in [3.8, 4) is 0 Å². The molecule has 6 heteroatoms. The van der Waals surface area contributed by atoms with Crippen molar-refractivity contribution >= 4 is 16.9 Å². The van der Waals surface area contributed by atoms with E-state index in [9.17, 15) is 14.4 Å². The third kappa shape index (κ3) is 2.68. The fourth-order valence-corrected chi connectivity index (χ4v) is 2.87. The van der Waals surface area contributed by atoms with Crippen LogP contribution in [-0.2, 0) is 11.3 Å². The maximum absolute atomic E-state index is 12.4. The molecule has 0 spiro atoms. The predicted molar refractivity (Wildman–Crippen MR) is 83.8 cm³/mol. The normalized spacial score (nSPS) is 16.1. The Kier molecular flexibility index (Phi) is 3.83. The highest BCUT2D eigenvalue weighted by Gasteiger charge is 2.21. The highest BCUT2D eigenvalue weighted by atomic mass is 16.2. The fourth-order valence-electron chi connectivity index (χ4n) is 2.87. The van der Waals surface area contributed by atoms with E-state index >= 15 is 0 Å². The minimum absolute atomic E-state index is 0.0857. The average Bonchev–Trinajstić information content (AvgIpc) is 2.52. The molecule has 1 fully saturated rings. The molecule has 6 nitrogen and oxygen atoms in total. The van der Waals surface area contributed by atoms with Gasteiger partial charge in [-0.15, -0.1) is 0 Å². The number of amides is 1. The molecule has 22 heavy (non-hydrogen) atoms. The number of fused-ring (bicyclic) bond motifs is 1. The lowest BCUT2D eigenvalue weighted by Gasteiger charge is -2.30. The second-order valence-corrected chi connectivity index (χ2v) is 5.93. The molecule has 0 aliphatic carbocycles. The monoisotopic (exact) mass is 301 g/mol. The Morgan fingerprint density at radius 3 is 2.64 bits per heavy atom. The van der Waals surface area contributed by atoms with Crippen LogP contribution in [-0.4, -0.2) is 33.4 Å². The molecule has 1 aliphatic rings. The Bertz CT molecular complexity index is 813. The van der Waals surface area contributed by atoms with Crippen LogP contribution >= 0.6 is 0 Å². The van der Waals surface area contributed by atoms with Gasteiger partial charge in [-0.3, -0.25) is 19.0 Å². The summed E-state index contributed by atoms with van der Waals surface area (Å²) in [5.74, 6) is 0.525. The van der Waals surface area contributed by atoms with Crippen molar-refractivity contribution in [3.63, 3.8) is 0 Å². The van der Waals surface area contributed by atoms with Crippen molar-refractivity contribution in [2.45, 2.75) is 26.3 Å². The first-order valence-electron chi connectivity index (χ1n) is 7.56. The van der Waals surface area contributed by atoms with Crippen LogP contribution < -0.4 is 11.1 Å². The largest absolute Gasteiger partial charge is 0.341 e. The lowest BCUT2D eigenvalue weighted by molar-refractivity contribution is -0.133. The maximum atomic E-state index is 12.4. The first kappa shape index (κ1) is 14.6. The number of hydrogen-bond acceptors (Lipinski definition) is 3. The zero-order chi connectivity index (χ0) is 15.7. The molecule has 1 N–H and O–H groups in total. The number of aromatic nitrogens is 2. The van der Waals surface area contributed by atoms with E-state index in [1.165, 1.54) is 4.57 Å². The molecule has 0 radical (unpaired) electrons. The van der Waals surface area contributed by atoms with Gasteiger partial charge < -0.3 is 9.88 Å². The van der Waals surface area contributed by atoms with E-state index in [2.05, 4.69) is 11.9 Å². The number of rotatable bonds is 2. The first-order chi connectivity index (χ1) is 10.6. The molecule has 3 rings (SSSR count). The van der Waals surface area contributed by atoms with Crippen molar-refractivity contribution in [1.29, 1.82) is 0 Å². The van der Waals surface area contributed by atoms with Crippen LogP contribution in [0, 0.1) is 5.92 Å². The fraction of sp³-hybridized carbons (Fsp3) is 0.438. The van der Waals surface area contributed by atoms with Gasteiger partial charge >= 0.3 is 11.1 Å². The van der Waals surface area contributed by atoms with Crippen molar-refractivity contribution in [3.05, 3.63) is 45.0 Å². The lowest BCUT2D eigenvalue weighted by Crippen LogP contribution is -2.44. The van der Waals surface area contributed by atoms with Gasteiger partial charge in [0.25, 0.3) is 0 Å². The molecule has 1 aromatic carbocycles. The minimum Gasteiger partial charge on any atom is -0.341 e. The van der Waals surface area contributed by atoms with E-state index in [0.717, 1.165) is 25.9 Å². The molecule has 0 atom stereocenters. The SMILES string of the molecule is CC1CCN(C(=O)Cn2c(=O)c(=O)[nH]c3ccccc32)CC1. The van der Waals surface area contributed by atoms with E-state index in [1.54, 1.807) is 29.2 Å². The van der Waals surface area contributed by atoms with Gasteiger partial charge in [0.2, 0.25) is 5.91 Å². The van der Waals surface area contributed by atoms with Crippen molar-refractivity contribution < 1.29 is 4.79 Å². The van der Waals surface area contributed by atoms with Gasteiger partial charge in [-0.2, -0.15) is 0 Å². The second kappa shape index (κ2) is 5.79. The highest BCUT2D eigenvalue weighted by molar-refractivity contribution is 5.80. The Hall–Kier alpha value is -2.37. The third-order valence-corrected chi connectivity index (χ3v) is 4.31. The van der Waals surface area contributed by atoms with Crippen molar-refractivity contribution in [1.82, 2.24) is 14.5 Å². The highest BCUT2D eigenvalue weighted by Crippen LogP contribution is 2.16. The summed E-state index contributed by atoms with van der Waals surface area (Å²) in [6, 6.07) is 7.02. The Morgan fingerprint density at radius 1 is 1.23 bits per heavy atom. The number of hydrogen-bond donors (Lipinski definition) is 1. The molecule has 1 amide bonds. The number of carbonyl (C=O) groups excluding carboxylic acids is 1. The summed E-state index contributed by atoms with van der Waals surface area (Å²) in [6.07, 6.45) is 1.97.